The molecule has 2 heterocycles. The number of methoxy groups -OCH3 is 1. The van der Waals surface area contributed by atoms with E-state index in [0.717, 1.165) is 54.4 Å². The topological polar surface area (TPSA) is 205 Å². The van der Waals surface area contributed by atoms with Crippen LogP contribution in [0.15, 0.2) is 212 Å². The molecule has 4 aliphatic rings. The third-order valence-electron chi connectivity index (χ3n) is 18.6. The van der Waals surface area contributed by atoms with Crippen molar-refractivity contribution in [3.8, 4) is 0 Å². The molecule has 0 aromatic heterocycles. The highest BCUT2D eigenvalue weighted by Gasteiger charge is 2.56. The van der Waals surface area contributed by atoms with Crippen LogP contribution in [0, 0.1) is 11.8 Å². The van der Waals surface area contributed by atoms with Gasteiger partial charge in [0.1, 0.15) is 43.7 Å². The summed E-state index contributed by atoms with van der Waals surface area (Å²) in [4.78, 5) is 72.3. The average molecular weight is 1340 g/mol. The van der Waals surface area contributed by atoms with E-state index >= 15 is 9.59 Å². The molecule has 18 nitrogen and oxygen atoms in total. The molecular weight excluding hydrogens is 1250 g/mol. The second-order valence-electron chi connectivity index (χ2n) is 25.5. The van der Waals surface area contributed by atoms with Crippen LogP contribution in [0.2, 0.25) is 0 Å². The van der Waals surface area contributed by atoms with Crippen LogP contribution in [0.1, 0.15) is 131 Å². The van der Waals surface area contributed by atoms with Crippen LogP contribution in [0.25, 0.3) is 0 Å². The number of carbonyl (C=O) groups excluding carboxylic acids is 5. The SMILES string of the molecule is COC(=O)CC[C@H]1CCC[C@@H](O[C@@H]2O[C@H](COC(=O)c3ccccc3)[C@H](OC(=O)c3ccccc3)[C@H](O[C@@H](CC3CCCCC3)C(=O)OCc3ccccc3)[C@H]2OC(=O)c2ccccc2)[C@@H]1O[C@@H]1O[C@@H](C)[C@@H](OCc2ccccc2)[C@@H](OCc2ccccc2)[C@@H]1OCc1ccccc1. The fourth-order valence-corrected chi connectivity index (χ4v) is 13.4. The largest absolute Gasteiger partial charge is 0.469 e. The van der Waals surface area contributed by atoms with E-state index in [1.165, 1.54) is 7.11 Å². The Balaban J connectivity index is 1.01. The second kappa shape index (κ2) is 36.4. The minimum absolute atomic E-state index is 0.0181. The fraction of sp³-hybridized carbons (Fsp3) is 0.412. The summed E-state index contributed by atoms with van der Waals surface area (Å²) in [7, 11) is 1.34. The molecule has 18 heteroatoms. The molecule has 0 N–H and O–H groups in total. The molecule has 2 aliphatic carbocycles. The van der Waals surface area contributed by atoms with Crippen LogP contribution in [0.3, 0.4) is 0 Å². The van der Waals surface area contributed by atoms with Crippen molar-refractivity contribution in [1.29, 1.82) is 0 Å². The summed E-state index contributed by atoms with van der Waals surface area (Å²) in [6, 6.07) is 63.7. The van der Waals surface area contributed by atoms with E-state index < -0.39 is 122 Å². The zero-order valence-electron chi connectivity index (χ0n) is 55.5. The van der Waals surface area contributed by atoms with Gasteiger partial charge >= 0.3 is 29.8 Å². The van der Waals surface area contributed by atoms with Gasteiger partial charge in [0.15, 0.2) is 30.9 Å². The van der Waals surface area contributed by atoms with E-state index in [1.807, 2.05) is 128 Å². The number of ether oxygens (including phenoxy) is 13. The lowest BCUT2D eigenvalue weighted by Gasteiger charge is -2.49. The van der Waals surface area contributed by atoms with E-state index in [9.17, 15) is 14.4 Å². The van der Waals surface area contributed by atoms with E-state index in [4.69, 9.17) is 61.6 Å². The Morgan fingerprint density at radius 3 is 1.44 bits per heavy atom. The van der Waals surface area contributed by atoms with Gasteiger partial charge in [0.05, 0.1) is 61.9 Å². The van der Waals surface area contributed by atoms with E-state index in [-0.39, 0.29) is 61.9 Å². The average Bonchev–Trinajstić information content (AvgIpc) is 0.788. The standard InChI is InChI=1S/C80H88O18/c1-54-68(87-49-56-30-13-4-14-31-56)71(88-50-57-32-15-5-16-33-57)73(89-51-58-34-17-6-18-35-58)79(92-54)98-69-60(46-47-67(81)86-2)44-27-45-64(69)94-80-74(97-77(84)63-42-25-10-26-43-63)72(93-65(48-55-28-11-3-12-29-55)78(85)90-52-59-36-19-7-20-37-59)70(96-76(83)62-40-23-9-24-41-62)66(95-80)53-91-75(82)61-38-21-8-22-39-61/h4-10,13-26,30-43,54-55,60,64-66,68-74,79-80H,3,11-12,27-29,44-53H2,1-2H3/t54-,60+,64+,65-,66+,68+,69+,70-,71+,72-,73-,74+,79-,80+/m0/s1. The zero-order chi connectivity index (χ0) is 67.8. The maximum Gasteiger partial charge on any atom is 0.338 e. The molecule has 4 fully saturated rings. The molecule has 0 bridgehead atoms. The Morgan fingerprint density at radius 2 is 0.908 bits per heavy atom. The first kappa shape index (κ1) is 70.9. The highest BCUT2D eigenvalue weighted by Crippen LogP contribution is 2.41. The fourth-order valence-electron chi connectivity index (χ4n) is 13.4. The molecule has 14 atom stereocenters. The van der Waals surface area contributed by atoms with E-state index in [0.29, 0.717) is 25.7 Å². The van der Waals surface area contributed by atoms with E-state index in [2.05, 4.69) is 0 Å². The summed E-state index contributed by atoms with van der Waals surface area (Å²) >= 11 is 0. The summed E-state index contributed by atoms with van der Waals surface area (Å²) in [6.07, 6.45) is -8.92. The number of benzene rings is 7. The molecule has 2 aliphatic heterocycles. The minimum atomic E-state index is -1.66. The Labute approximate surface area is 573 Å². The minimum Gasteiger partial charge on any atom is -0.469 e. The van der Waals surface area contributed by atoms with Crippen molar-refractivity contribution in [3.63, 3.8) is 0 Å². The first-order valence-corrected chi connectivity index (χ1v) is 34.3. The Morgan fingerprint density at radius 1 is 0.439 bits per heavy atom. The third kappa shape index (κ3) is 19.9. The van der Waals surface area contributed by atoms with Gasteiger partial charge in [-0.05, 0) is 103 Å². The lowest BCUT2D eigenvalue weighted by molar-refractivity contribution is -0.356. The van der Waals surface area contributed by atoms with Crippen molar-refractivity contribution >= 4 is 29.8 Å². The van der Waals surface area contributed by atoms with Crippen molar-refractivity contribution < 1.29 is 85.6 Å². The molecule has 11 rings (SSSR count). The number of hydrogen-bond acceptors (Lipinski definition) is 18. The van der Waals surface area contributed by atoms with Gasteiger partial charge in [-0.1, -0.05) is 214 Å². The second-order valence-corrected chi connectivity index (χ2v) is 25.5. The Bertz CT molecular complexity index is 3550. The van der Waals surface area contributed by atoms with Crippen LogP contribution >= 0.6 is 0 Å². The van der Waals surface area contributed by atoms with Gasteiger partial charge in [-0.2, -0.15) is 0 Å². The molecule has 516 valence electrons. The van der Waals surface area contributed by atoms with Crippen molar-refractivity contribution in [2.24, 2.45) is 11.8 Å². The lowest BCUT2D eigenvalue weighted by Crippen LogP contribution is -2.65. The van der Waals surface area contributed by atoms with Crippen LogP contribution in [0.4, 0.5) is 0 Å². The smallest absolute Gasteiger partial charge is 0.338 e. The highest BCUT2D eigenvalue weighted by molar-refractivity contribution is 5.90. The predicted octanol–water partition coefficient (Wildman–Crippen LogP) is 13.5. The van der Waals surface area contributed by atoms with Crippen molar-refractivity contribution in [2.75, 3.05) is 13.7 Å². The quantitative estimate of drug-likeness (QED) is 0.0303. The lowest BCUT2D eigenvalue weighted by atomic mass is 9.81. The molecule has 0 spiro atoms. The van der Waals surface area contributed by atoms with Gasteiger partial charge < -0.3 is 61.6 Å². The van der Waals surface area contributed by atoms with Gasteiger partial charge in [-0.25, -0.2) is 19.2 Å². The van der Waals surface area contributed by atoms with Crippen LogP contribution in [-0.4, -0.2) is 123 Å². The number of rotatable bonds is 30. The maximum absolute atomic E-state index is 15.1. The van der Waals surface area contributed by atoms with Crippen LogP contribution in [0.5, 0.6) is 0 Å². The van der Waals surface area contributed by atoms with Crippen LogP contribution in [-0.2, 0) is 97.6 Å². The molecule has 98 heavy (non-hydrogen) atoms. The third-order valence-corrected chi connectivity index (χ3v) is 18.6. The molecule has 7 aromatic carbocycles. The predicted molar refractivity (Wildman–Crippen MR) is 360 cm³/mol. The number of hydrogen-bond donors (Lipinski definition) is 0. The number of carbonyl (C=O) groups is 5. The molecule has 2 saturated carbocycles. The molecule has 7 aromatic rings. The summed E-state index contributed by atoms with van der Waals surface area (Å²) < 4.78 is 88.1. The van der Waals surface area contributed by atoms with Gasteiger partial charge in [-0.3, -0.25) is 4.79 Å². The maximum atomic E-state index is 15.1. The summed E-state index contributed by atoms with van der Waals surface area (Å²) in [5, 5.41) is 0. The summed E-state index contributed by atoms with van der Waals surface area (Å²) in [5.74, 6) is -3.87. The number of esters is 5. The summed E-state index contributed by atoms with van der Waals surface area (Å²) in [5.41, 5.74) is 4.04. The first-order chi connectivity index (χ1) is 48.0. The first-order valence-electron chi connectivity index (χ1n) is 34.3. The van der Waals surface area contributed by atoms with Crippen molar-refractivity contribution in [3.05, 3.63) is 251 Å². The Hall–Kier alpha value is -8.43. The van der Waals surface area contributed by atoms with Gasteiger partial charge in [-0.15, -0.1) is 0 Å². The van der Waals surface area contributed by atoms with E-state index in [1.54, 1.807) is 91.0 Å². The molecule has 2 saturated heterocycles. The summed E-state index contributed by atoms with van der Waals surface area (Å²) in [6.45, 7) is 1.85. The highest BCUT2D eigenvalue weighted by atomic mass is 16.8. The van der Waals surface area contributed by atoms with Gasteiger partial charge in [0.2, 0.25) is 0 Å². The molecule has 0 unspecified atom stereocenters. The van der Waals surface area contributed by atoms with Crippen molar-refractivity contribution in [1.82, 2.24) is 0 Å². The van der Waals surface area contributed by atoms with Crippen molar-refractivity contribution in [2.45, 2.75) is 184 Å². The normalized spacial score (nSPS) is 25.2. The van der Waals surface area contributed by atoms with Gasteiger partial charge in [0.25, 0.3) is 0 Å². The molecular formula is C80H88O18. The molecule has 0 radical (unpaired) electrons. The van der Waals surface area contributed by atoms with Crippen LogP contribution < -0.4 is 0 Å². The Kier molecular flexibility index (Phi) is 26.3. The zero-order valence-corrected chi connectivity index (χ0v) is 55.5. The van der Waals surface area contributed by atoms with Gasteiger partial charge in [0, 0.05) is 6.42 Å². The monoisotopic (exact) mass is 1340 g/mol. The molecule has 0 amide bonds.